The van der Waals surface area contributed by atoms with Crippen LogP contribution in [0.1, 0.15) is 0 Å². The Morgan fingerprint density at radius 2 is 1.61 bits per heavy atom. The molecule has 1 fully saturated rings. The van der Waals surface area contributed by atoms with Crippen molar-refractivity contribution in [1.29, 1.82) is 0 Å². The SMILES string of the molecule is O=[N+]([O-])c1ccc(N2CCN([P@](=O)(OCC(F)(F)F)Oc3ccc(Cl)cc3)CC2)cc1. The molecule has 0 aliphatic carbocycles. The van der Waals surface area contributed by atoms with Crippen LogP contribution in [-0.4, -0.2) is 48.6 Å². The van der Waals surface area contributed by atoms with Crippen molar-refractivity contribution in [3.63, 3.8) is 0 Å². The van der Waals surface area contributed by atoms with Gasteiger partial charge in [-0.2, -0.15) is 17.8 Å². The van der Waals surface area contributed by atoms with Gasteiger partial charge >= 0.3 is 13.9 Å². The molecule has 0 bridgehead atoms. The van der Waals surface area contributed by atoms with Gasteiger partial charge in [-0.3, -0.25) is 14.6 Å². The Balaban J connectivity index is 1.71. The predicted octanol–water partition coefficient (Wildman–Crippen LogP) is 5.14. The number of benzene rings is 2. The fourth-order valence-corrected chi connectivity index (χ4v) is 4.76. The van der Waals surface area contributed by atoms with Gasteiger partial charge in [0.15, 0.2) is 6.61 Å². The van der Waals surface area contributed by atoms with Crippen LogP contribution in [0.25, 0.3) is 0 Å². The third-order valence-electron chi connectivity index (χ3n) is 4.45. The number of halogens is 4. The number of nitro groups is 1. The molecule has 0 radical (unpaired) electrons. The number of piperazine rings is 1. The van der Waals surface area contributed by atoms with Gasteiger partial charge in [-0.05, 0) is 36.4 Å². The monoisotopic (exact) mass is 479 g/mol. The van der Waals surface area contributed by atoms with Crippen LogP contribution >= 0.6 is 19.3 Å². The fourth-order valence-electron chi connectivity index (χ4n) is 2.93. The van der Waals surface area contributed by atoms with Gasteiger partial charge in [-0.25, -0.2) is 4.57 Å². The van der Waals surface area contributed by atoms with E-state index in [4.69, 9.17) is 20.6 Å². The highest BCUT2D eigenvalue weighted by Gasteiger charge is 2.41. The largest absolute Gasteiger partial charge is 0.461 e. The van der Waals surface area contributed by atoms with Crippen molar-refractivity contribution in [3.8, 4) is 5.75 Å². The van der Waals surface area contributed by atoms with E-state index in [1.807, 2.05) is 4.90 Å². The van der Waals surface area contributed by atoms with Gasteiger partial charge < -0.3 is 9.42 Å². The van der Waals surface area contributed by atoms with Crippen LogP contribution < -0.4 is 9.42 Å². The highest BCUT2D eigenvalue weighted by atomic mass is 35.5. The molecule has 0 aromatic heterocycles. The quantitative estimate of drug-likeness (QED) is 0.309. The minimum atomic E-state index is -4.68. The van der Waals surface area contributed by atoms with E-state index in [1.54, 1.807) is 12.1 Å². The van der Waals surface area contributed by atoms with Crippen LogP contribution in [0.5, 0.6) is 5.75 Å². The molecule has 0 spiro atoms. The second-order valence-electron chi connectivity index (χ2n) is 6.62. The van der Waals surface area contributed by atoms with Crippen LogP contribution in [0.4, 0.5) is 24.5 Å². The van der Waals surface area contributed by atoms with Crippen LogP contribution in [0.15, 0.2) is 48.5 Å². The number of rotatable bonds is 7. The van der Waals surface area contributed by atoms with Gasteiger partial charge in [0.2, 0.25) is 0 Å². The molecule has 2 aromatic carbocycles. The van der Waals surface area contributed by atoms with E-state index < -0.39 is 25.5 Å². The van der Waals surface area contributed by atoms with Crippen molar-refractivity contribution >= 4 is 30.7 Å². The Morgan fingerprint density at radius 3 is 2.13 bits per heavy atom. The number of nitro benzene ring substituents is 1. The Morgan fingerprint density at radius 1 is 1.03 bits per heavy atom. The minimum Gasteiger partial charge on any atom is -0.413 e. The summed E-state index contributed by atoms with van der Waals surface area (Å²) < 4.78 is 62.8. The maximum absolute atomic E-state index is 13.3. The van der Waals surface area contributed by atoms with Crippen molar-refractivity contribution in [1.82, 2.24) is 4.67 Å². The Bertz CT molecular complexity index is 951. The lowest BCUT2D eigenvalue weighted by Gasteiger charge is -2.38. The predicted molar refractivity (Wildman–Crippen MR) is 109 cm³/mol. The van der Waals surface area contributed by atoms with E-state index in [0.29, 0.717) is 23.8 Å². The molecule has 168 valence electrons. The molecule has 0 amide bonds. The highest BCUT2D eigenvalue weighted by Crippen LogP contribution is 2.53. The molecule has 3 rings (SSSR count). The summed E-state index contributed by atoms with van der Waals surface area (Å²) in [6.45, 7) is -0.915. The van der Waals surface area contributed by atoms with Crippen LogP contribution in [0, 0.1) is 10.1 Å². The minimum absolute atomic E-state index is 0.0520. The molecular weight excluding hydrogens is 462 g/mol. The molecule has 1 atom stereocenters. The zero-order valence-corrected chi connectivity index (χ0v) is 17.6. The lowest BCUT2D eigenvalue weighted by molar-refractivity contribution is -0.384. The van der Waals surface area contributed by atoms with Gasteiger partial charge in [0.25, 0.3) is 5.69 Å². The number of nitrogens with zero attached hydrogens (tertiary/aromatic N) is 3. The molecule has 1 heterocycles. The first-order chi connectivity index (χ1) is 14.6. The summed E-state index contributed by atoms with van der Waals surface area (Å²) in [5.41, 5.74) is 0.652. The standard InChI is InChI=1S/C18H18ClF3N3O5P/c19-14-1-7-17(8-2-14)30-31(28,29-13-18(20,21)22)24-11-9-23(10-12-24)15-3-5-16(6-4-15)25(26)27/h1-8H,9-13H2/t31-/m0/s1. The summed E-state index contributed by atoms with van der Waals surface area (Å²) in [6, 6.07) is 11.6. The lowest BCUT2D eigenvalue weighted by atomic mass is 10.2. The smallest absolute Gasteiger partial charge is 0.413 e. The molecule has 2 aromatic rings. The molecule has 0 N–H and O–H groups in total. The number of alkyl halides is 3. The first kappa shape index (κ1) is 23.3. The second-order valence-corrected chi connectivity index (χ2v) is 9.00. The summed E-state index contributed by atoms with van der Waals surface area (Å²) >= 11 is 5.80. The summed E-state index contributed by atoms with van der Waals surface area (Å²) in [5, 5.41) is 11.2. The second kappa shape index (κ2) is 9.44. The third kappa shape index (κ3) is 6.33. The molecule has 0 saturated carbocycles. The first-order valence-electron chi connectivity index (χ1n) is 9.07. The van der Waals surface area contributed by atoms with Gasteiger partial charge in [-0.1, -0.05) is 11.6 Å². The number of non-ortho nitro benzene ring substituents is 1. The zero-order valence-electron chi connectivity index (χ0n) is 16.0. The summed E-state index contributed by atoms with van der Waals surface area (Å²) in [6.07, 6.45) is -4.68. The summed E-state index contributed by atoms with van der Waals surface area (Å²) in [4.78, 5) is 12.1. The van der Waals surface area contributed by atoms with Crippen molar-refractivity contribution in [2.75, 3.05) is 37.7 Å². The average Bonchev–Trinajstić information content (AvgIpc) is 2.74. The van der Waals surface area contributed by atoms with Crippen molar-refractivity contribution in [3.05, 3.63) is 63.7 Å². The molecular formula is C18H18ClF3N3O5P. The topological polar surface area (TPSA) is 85.2 Å². The van der Waals surface area contributed by atoms with E-state index in [-0.39, 0.29) is 24.5 Å². The Labute approximate surface area is 180 Å². The van der Waals surface area contributed by atoms with Crippen molar-refractivity contribution in [2.45, 2.75) is 6.18 Å². The fraction of sp³-hybridized carbons (Fsp3) is 0.333. The molecule has 0 unspecified atom stereocenters. The van der Waals surface area contributed by atoms with Gasteiger partial charge in [0, 0.05) is 49.0 Å². The van der Waals surface area contributed by atoms with Crippen LogP contribution in [-0.2, 0) is 9.09 Å². The van der Waals surface area contributed by atoms with E-state index in [1.165, 1.54) is 41.1 Å². The van der Waals surface area contributed by atoms with Gasteiger partial charge in [0.1, 0.15) is 5.75 Å². The molecule has 13 heteroatoms. The van der Waals surface area contributed by atoms with E-state index in [9.17, 15) is 27.9 Å². The van der Waals surface area contributed by atoms with Crippen molar-refractivity contribution in [2.24, 2.45) is 0 Å². The molecule has 8 nitrogen and oxygen atoms in total. The first-order valence-corrected chi connectivity index (χ1v) is 10.9. The summed E-state index contributed by atoms with van der Waals surface area (Å²) in [7, 11) is -4.31. The Kier molecular flexibility index (Phi) is 7.10. The van der Waals surface area contributed by atoms with Gasteiger partial charge in [-0.15, -0.1) is 0 Å². The van der Waals surface area contributed by atoms with Gasteiger partial charge in [0.05, 0.1) is 4.92 Å². The lowest BCUT2D eigenvalue weighted by Crippen LogP contribution is -2.46. The van der Waals surface area contributed by atoms with Crippen molar-refractivity contribution < 1.29 is 31.7 Å². The zero-order chi connectivity index (χ0) is 22.6. The number of hydrogen-bond donors (Lipinski definition) is 0. The maximum Gasteiger partial charge on any atom is 0.461 e. The van der Waals surface area contributed by atoms with E-state index >= 15 is 0 Å². The maximum atomic E-state index is 13.3. The van der Waals surface area contributed by atoms with E-state index in [0.717, 1.165) is 0 Å². The molecule has 31 heavy (non-hydrogen) atoms. The third-order valence-corrected chi connectivity index (χ3v) is 6.70. The number of anilines is 1. The van der Waals surface area contributed by atoms with Crippen LogP contribution in [0.2, 0.25) is 5.02 Å². The highest BCUT2D eigenvalue weighted by molar-refractivity contribution is 7.51. The normalized spacial score (nSPS) is 17.2. The summed E-state index contributed by atoms with van der Waals surface area (Å²) in [5.74, 6) is 0.0627. The molecule has 1 aliphatic heterocycles. The van der Waals surface area contributed by atoms with E-state index in [2.05, 4.69) is 0 Å². The molecule has 1 aliphatic rings. The Hall–Kier alpha value is -2.33. The van der Waals surface area contributed by atoms with Crippen LogP contribution in [0.3, 0.4) is 0 Å². The molecule has 1 saturated heterocycles. The average molecular weight is 480 g/mol. The number of hydrogen-bond acceptors (Lipinski definition) is 6.